The standard InChI is InChI=1S/C16H18N2O3S.Na/c1-2-11-12-9-13(14(16(20)21)18(12)15(11)19)22-8-5-10-3-6-17-7-4-10;/h3-4,6-7,11-12H,2,5,8-9H2,1H3,(H,20,21);/q;+1/p-1/t11-,12-;/m1./s1. The third kappa shape index (κ3) is 3.50. The number of rotatable bonds is 6. The Morgan fingerprint density at radius 3 is 2.74 bits per heavy atom. The number of thioether (sulfide) groups is 1. The fraction of sp³-hybridized carbons (Fsp3) is 0.438. The number of hydrogen-bond acceptors (Lipinski definition) is 5. The summed E-state index contributed by atoms with van der Waals surface area (Å²) in [5.41, 5.74) is 1.27. The average Bonchev–Trinajstić information content (AvgIpc) is 2.84. The maximum atomic E-state index is 12.0. The van der Waals surface area contributed by atoms with E-state index in [-0.39, 0.29) is 53.1 Å². The van der Waals surface area contributed by atoms with Crippen molar-refractivity contribution in [2.75, 3.05) is 5.75 Å². The van der Waals surface area contributed by atoms with E-state index in [0.717, 1.165) is 23.5 Å². The molecule has 0 saturated carbocycles. The zero-order valence-electron chi connectivity index (χ0n) is 13.3. The van der Waals surface area contributed by atoms with Crippen LogP contribution in [0.3, 0.4) is 0 Å². The van der Waals surface area contributed by atoms with Crippen molar-refractivity contribution in [3.63, 3.8) is 0 Å². The molecule has 1 amide bonds. The first-order chi connectivity index (χ1) is 10.6. The van der Waals surface area contributed by atoms with E-state index in [4.69, 9.17) is 0 Å². The molecule has 116 valence electrons. The largest absolute Gasteiger partial charge is 1.00 e. The maximum Gasteiger partial charge on any atom is 1.00 e. The van der Waals surface area contributed by atoms with Crippen LogP contribution in [-0.4, -0.2) is 33.6 Å². The first-order valence-corrected chi connectivity index (χ1v) is 8.41. The number of nitrogens with zero attached hydrogens (tertiary/aromatic N) is 2. The molecule has 3 heterocycles. The minimum Gasteiger partial charge on any atom is -0.543 e. The summed E-state index contributed by atoms with van der Waals surface area (Å²) >= 11 is 1.52. The van der Waals surface area contributed by atoms with E-state index in [9.17, 15) is 14.7 Å². The number of carbonyl (C=O) groups excluding carboxylic acids is 2. The van der Waals surface area contributed by atoms with Gasteiger partial charge in [0.25, 0.3) is 0 Å². The Kier molecular flexibility index (Phi) is 6.31. The van der Waals surface area contributed by atoms with Gasteiger partial charge in [-0.2, -0.15) is 0 Å². The predicted molar refractivity (Wildman–Crippen MR) is 81.5 cm³/mol. The van der Waals surface area contributed by atoms with Crippen molar-refractivity contribution < 1.29 is 44.3 Å². The van der Waals surface area contributed by atoms with Crippen LogP contribution in [0.2, 0.25) is 0 Å². The Morgan fingerprint density at radius 2 is 2.13 bits per heavy atom. The molecule has 0 spiro atoms. The number of aryl methyl sites for hydroxylation is 1. The molecule has 0 aromatic carbocycles. The molecule has 0 radical (unpaired) electrons. The van der Waals surface area contributed by atoms with Crippen LogP contribution in [0.1, 0.15) is 25.3 Å². The van der Waals surface area contributed by atoms with E-state index in [2.05, 4.69) is 4.98 Å². The van der Waals surface area contributed by atoms with E-state index in [1.807, 2.05) is 19.1 Å². The van der Waals surface area contributed by atoms with Gasteiger partial charge >= 0.3 is 29.6 Å². The molecule has 1 aromatic heterocycles. The maximum absolute atomic E-state index is 12.0. The predicted octanol–water partition coefficient (Wildman–Crippen LogP) is -2.04. The van der Waals surface area contributed by atoms with E-state index in [0.29, 0.717) is 6.42 Å². The van der Waals surface area contributed by atoms with Crippen molar-refractivity contribution >= 4 is 23.6 Å². The number of carboxylic acids is 1. The number of aliphatic carboxylic acids is 1. The van der Waals surface area contributed by atoms with Crippen LogP contribution >= 0.6 is 11.8 Å². The summed E-state index contributed by atoms with van der Waals surface area (Å²) in [7, 11) is 0. The Balaban J connectivity index is 0.00000192. The van der Waals surface area contributed by atoms with Gasteiger partial charge in [-0.1, -0.05) is 6.92 Å². The molecule has 2 aliphatic heterocycles. The van der Waals surface area contributed by atoms with Crippen LogP contribution in [0.15, 0.2) is 35.1 Å². The van der Waals surface area contributed by atoms with Gasteiger partial charge in [0.15, 0.2) is 0 Å². The third-order valence-corrected chi connectivity index (χ3v) is 5.42. The smallest absolute Gasteiger partial charge is 0.543 e. The monoisotopic (exact) mass is 340 g/mol. The molecule has 0 unspecified atom stereocenters. The topological polar surface area (TPSA) is 73.3 Å². The zero-order chi connectivity index (χ0) is 15.7. The van der Waals surface area contributed by atoms with Gasteiger partial charge in [0.2, 0.25) is 5.91 Å². The van der Waals surface area contributed by atoms with Crippen molar-refractivity contribution in [2.24, 2.45) is 5.92 Å². The summed E-state index contributed by atoms with van der Waals surface area (Å²) in [6, 6.07) is 3.93. The SMILES string of the molecule is CC[C@H]1C(=O)N2C(C(=O)[O-])=C(SCCc3ccncc3)C[C@H]12.[Na+]. The molecule has 3 rings (SSSR count). The molecule has 0 bridgehead atoms. The molecule has 1 saturated heterocycles. The minimum atomic E-state index is -1.24. The second-order valence-electron chi connectivity index (χ2n) is 5.51. The number of amides is 1. The number of hydrogen-bond donors (Lipinski definition) is 0. The van der Waals surface area contributed by atoms with Crippen molar-refractivity contribution in [2.45, 2.75) is 32.2 Å². The summed E-state index contributed by atoms with van der Waals surface area (Å²) in [5, 5.41) is 11.4. The first kappa shape index (κ1) is 18.5. The molecule has 1 fully saturated rings. The van der Waals surface area contributed by atoms with Crippen LogP contribution in [0.25, 0.3) is 0 Å². The number of β-lactam (4-membered cyclic amide) rings is 1. The van der Waals surface area contributed by atoms with Crippen LogP contribution < -0.4 is 34.7 Å². The van der Waals surface area contributed by atoms with Gasteiger partial charge in [-0.05, 0) is 30.5 Å². The summed E-state index contributed by atoms with van der Waals surface area (Å²) in [5.74, 6) is -0.567. The average molecular weight is 340 g/mol. The van der Waals surface area contributed by atoms with Crippen molar-refractivity contribution in [1.82, 2.24) is 9.88 Å². The number of aromatic nitrogens is 1. The summed E-state index contributed by atoms with van der Waals surface area (Å²) < 4.78 is 0. The van der Waals surface area contributed by atoms with Crippen LogP contribution in [0.5, 0.6) is 0 Å². The Labute approximate surface area is 161 Å². The Morgan fingerprint density at radius 1 is 1.43 bits per heavy atom. The number of carboxylic acid groups (broad SMARTS) is 1. The molecule has 0 N–H and O–H groups in total. The second-order valence-corrected chi connectivity index (χ2v) is 6.70. The van der Waals surface area contributed by atoms with Gasteiger partial charge in [-0.15, -0.1) is 11.8 Å². The van der Waals surface area contributed by atoms with Gasteiger partial charge in [-0.25, -0.2) is 0 Å². The van der Waals surface area contributed by atoms with Crippen molar-refractivity contribution in [1.29, 1.82) is 0 Å². The quantitative estimate of drug-likeness (QED) is 0.441. The molecule has 0 aliphatic carbocycles. The van der Waals surface area contributed by atoms with E-state index >= 15 is 0 Å². The molecule has 1 aromatic rings. The third-order valence-electron chi connectivity index (χ3n) is 4.30. The van der Waals surface area contributed by atoms with Gasteiger partial charge in [0, 0.05) is 29.5 Å². The minimum absolute atomic E-state index is 0. The number of fused-ring (bicyclic) bond motifs is 1. The zero-order valence-corrected chi connectivity index (χ0v) is 16.1. The molecule has 2 aliphatic rings. The molecule has 23 heavy (non-hydrogen) atoms. The first-order valence-electron chi connectivity index (χ1n) is 7.42. The summed E-state index contributed by atoms with van der Waals surface area (Å²) in [6.07, 6.45) is 5.74. The number of carbonyl (C=O) groups is 2. The normalized spacial score (nSPS) is 22.5. The van der Waals surface area contributed by atoms with Crippen LogP contribution in [0, 0.1) is 5.92 Å². The summed E-state index contributed by atoms with van der Waals surface area (Å²) in [6.45, 7) is 1.97. The van der Waals surface area contributed by atoms with E-state index < -0.39 is 5.97 Å². The fourth-order valence-electron chi connectivity index (χ4n) is 3.16. The second kappa shape index (κ2) is 7.83. The molecule has 7 heteroatoms. The molecular weight excluding hydrogens is 323 g/mol. The Bertz CT molecular complexity index is 635. The fourth-order valence-corrected chi connectivity index (χ4v) is 4.35. The molecule has 5 nitrogen and oxygen atoms in total. The van der Waals surface area contributed by atoms with Crippen molar-refractivity contribution in [3.8, 4) is 0 Å². The van der Waals surface area contributed by atoms with Gasteiger partial charge in [0.1, 0.15) is 0 Å². The van der Waals surface area contributed by atoms with Crippen molar-refractivity contribution in [3.05, 3.63) is 40.7 Å². The van der Waals surface area contributed by atoms with Crippen LogP contribution in [0.4, 0.5) is 0 Å². The molecular formula is C16H17N2NaO3S. The molecule has 2 atom stereocenters. The van der Waals surface area contributed by atoms with E-state index in [1.54, 1.807) is 12.4 Å². The number of pyridine rings is 1. The summed E-state index contributed by atoms with van der Waals surface area (Å²) in [4.78, 5) is 29.6. The van der Waals surface area contributed by atoms with Gasteiger partial charge in [-0.3, -0.25) is 9.78 Å². The Hall–Kier alpha value is -0.820. The van der Waals surface area contributed by atoms with Gasteiger partial charge in [0.05, 0.1) is 23.6 Å². The van der Waals surface area contributed by atoms with E-state index in [1.165, 1.54) is 22.2 Å². The van der Waals surface area contributed by atoms with Crippen LogP contribution in [-0.2, 0) is 16.0 Å². The van der Waals surface area contributed by atoms with Gasteiger partial charge < -0.3 is 14.8 Å².